The minimum atomic E-state index is -0.348. The van der Waals surface area contributed by atoms with Crippen molar-refractivity contribution in [3.05, 3.63) is 0 Å². The maximum atomic E-state index is 11.3. The molecule has 0 amide bonds. The van der Waals surface area contributed by atoms with Crippen molar-refractivity contribution >= 4 is 5.97 Å². The van der Waals surface area contributed by atoms with E-state index in [0.29, 0.717) is 19.1 Å². The number of methoxy groups -OCH3 is 1. The van der Waals surface area contributed by atoms with Gasteiger partial charge in [-0.05, 0) is 18.8 Å². The molecule has 0 N–H and O–H groups in total. The number of carbonyl (C=O) groups is 1. The SMILES string of the molecule is COC(=O)C(OC1COC1)C1CC1. The number of esters is 1. The summed E-state index contributed by atoms with van der Waals surface area (Å²) in [6.07, 6.45) is 1.91. The lowest BCUT2D eigenvalue weighted by Crippen LogP contribution is -2.42. The van der Waals surface area contributed by atoms with Crippen molar-refractivity contribution in [2.45, 2.75) is 25.0 Å². The second kappa shape index (κ2) is 3.64. The molecule has 2 fully saturated rings. The topological polar surface area (TPSA) is 44.8 Å². The fourth-order valence-electron chi connectivity index (χ4n) is 1.37. The highest BCUT2D eigenvalue weighted by atomic mass is 16.6. The first kappa shape index (κ1) is 8.97. The highest BCUT2D eigenvalue weighted by Crippen LogP contribution is 2.35. The number of rotatable bonds is 4. The number of ether oxygens (including phenoxy) is 3. The molecule has 2 aliphatic rings. The predicted molar refractivity (Wildman–Crippen MR) is 44.2 cm³/mol. The van der Waals surface area contributed by atoms with E-state index in [1.165, 1.54) is 7.11 Å². The Bertz CT molecular complexity index is 196. The smallest absolute Gasteiger partial charge is 0.335 e. The first-order valence-electron chi connectivity index (χ1n) is 4.62. The molecule has 0 bridgehead atoms. The molecule has 1 unspecified atom stereocenters. The Morgan fingerprint density at radius 1 is 1.46 bits per heavy atom. The maximum Gasteiger partial charge on any atom is 0.335 e. The monoisotopic (exact) mass is 186 g/mol. The third-order valence-corrected chi connectivity index (χ3v) is 2.43. The van der Waals surface area contributed by atoms with Gasteiger partial charge >= 0.3 is 5.97 Å². The van der Waals surface area contributed by atoms with E-state index in [1.54, 1.807) is 0 Å². The average Bonchev–Trinajstić information content (AvgIpc) is 2.85. The van der Waals surface area contributed by atoms with Crippen molar-refractivity contribution in [3.63, 3.8) is 0 Å². The number of carbonyl (C=O) groups excluding carboxylic acids is 1. The molecule has 0 aromatic rings. The van der Waals surface area contributed by atoms with Crippen molar-refractivity contribution in [3.8, 4) is 0 Å². The molecule has 0 radical (unpaired) electrons. The van der Waals surface area contributed by atoms with Crippen molar-refractivity contribution < 1.29 is 19.0 Å². The van der Waals surface area contributed by atoms with Crippen LogP contribution in [0.3, 0.4) is 0 Å². The highest BCUT2D eigenvalue weighted by Gasteiger charge is 2.40. The van der Waals surface area contributed by atoms with Gasteiger partial charge in [-0.25, -0.2) is 4.79 Å². The molecule has 4 nitrogen and oxygen atoms in total. The van der Waals surface area contributed by atoms with Crippen LogP contribution in [0.15, 0.2) is 0 Å². The first-order valence-corrected chi connectivity index (χ1v) is 4.62. The molecule has 13 heavy (non-hydrogen) atoms. The summed E-state index contributed by atoms with van der Waals surface area (Å²) in [5.41, 5.74) is 0. The summed E-state index contributed by atoms with van der Waals surface area (Å²) in [5, 5.41) is 0. The van der Waals surface area contributed by atoms with Crippen molar-refractivity contribution in [2.75, 3.05) is 20.3 Å². The van der Waals surface area contributed by atoms with Crippen molar-refractivity contribution in [1.82, 2.24) is 0 Å². The van der Waals surface area contributed by atoms with Gasteiger partial charge in [-0.1, -0.05) is 0 Å². The first-order chi connectivity index (χ1) is 6.31. The van der Waals surface area contributed by atoms with Crippen LogP contribution in [0.25, 0.3) is 0 Å². The van der Waals surface area contributed by atoms with Crippen LogP contribution in [0.4, 0.5) is 0 Å². The van der Waals surface area contributed by atoms with Crippen LogP contribution in [0.5, 0.6) is 0 Å². The highest BCUT2D eigenvalue weighted by molar-refractivity contribution is 5.75. The summed E-state index contributed by atoms with van der Waals surface area (Å²) in [4.78, 5) is 11.3. The van der Waals surface area contributed by atoms with E-state index < -0.39 is 0 Å². The molecular formula is C9H14O4. The Morgan fingerprint density at radius 3 is 2.54 bits per heavy atom. The summed E-state index contributed by atoms with van der Waals surface area (Å²) < 4.78 is 15.2. The minimum Gasteiger partial charge on any atom is -0.467 e. The van der Waals surface area contributed by atoms with Crippen LogP contribution >= 0.6 is 0 Å². The van der Waals surface area contributed by atoms with E-state index >= 15 is 0 Å². The van der Waals surface area contributed by atoms with E-state index in [-0.39, 0.29) is 18.2 Å². The lowest BCUT2D eigenvalue weighted by atomic mass is 10.2. The van der Waals surface area contributed by atoms with Crippen LogP contribution in [-0.2, 0) is 19.0 Å². The summed E-state index contributed by atoms with van der Waals surface area (Å²) in [5.74, 6) is 0.141. The van der Waals surface area contributed by atoms with Gasteiger partial charge in [0, 0.05) is 0 Å². The Balaban J connectivity index is 1.84. The predicted octanol–water partition coefficient (Wildman–Crippen LogP) is 0.353. The fourth-order valence-corrected chi connectivity index (χ4v) is 1.37. The maximum absolute atomic E-state index is 11.3. The molecule has 0 aromatic carbocycles. The van der Waals surface area contributed by atoms with Crippen LogP contribution in [0.1, 0.15) is 12.8 Å². The molecule has 0 spiro atoms. The van der Waals surface area contributed by atoms with Gasteiger partial charge in [0.05, 0.1) is 20.3 Å². The summed E-state index contributed by atoms with van der Waals surface area (Å²) >= 11 is 0. The quantitative estimate of drug-likeness (QED) is 0.594. The van der Waals surface area contributed by atoms with E-state index in [0.717, 1.165) is 12.8 Å². The molecule has 0 aromatic heterocycles. The fraction of sp³-hybridized carbons (Fsp3) is 0.889. The van der Waals surface area contributed by atoms with E-state index in [9.17, 15) is 4.79 Å². The van der Waals surface area contributed by atoms with Crippen LogP contribution in [-0.4, -0.2) is 38.5 Å². The van der Waals surface area contributed by atoms with Gasteiger partial charge < -0.3 is 14.2 Å². The molecular weight excluding hydrogens is 172 g/mol. The average molecular weight is 186 g/mol. The zero-order chi connectivity index (χ0) is 9.26. The van der Waals surface area contributed by atoms with E-state index in [4.69, 9.17) is 9.47 Å². The Kier molecular flexibility index (Phi) is 2.51. The molecule has 1 saturated carbocycles. The Morgan fingerprint density at radius 2 is 2.15 bits per heavy atom. The van der Waals surface area contributed by atoms with Crippen LogP contribution in [0.2, 0.25) is 0 Å². The zero-order valence-electron chi connectivity index (χ0n) is 7.69. The van der Waals surface area contributed by atoms with Crippen LogP contribution in [0, 0.1) is 5.92 Å². The zero-order valence-corrected chi connectivity index (χ0v) is 7.69. The lowest BCUT2D eigenvalue weighted by Gasteiger charge is -2.29. The third kappa shape index (κ3) is 2.00. The number of hydrogen-bond donors (Lipinski definition) is 0. The van der Waals surface area contributed by atoms with Gasteiger partial charge in [0.15, 0.2) is 6.10 Å². The Hall–Kier alpha value is -0.610. The summed E-state index contributed by atoms with van der Waals surface area (Å²) in [6, 6.07) is 0. The van der Waals surface area contributed by atoms with Gasteiger partial charge in [-0.3, -0.25) is 0 Å². The second-order valence-electron chi connectivity index (χ2n) is 3.58. The van der Waals surface area contributed by atoms with Crippen LogP contribution < -0.4 is 0 Å². The molecule has 4 heteroatoms. The second-order valence-corrected chi connectivity index (χ2v) is 3.58. The lowest BCUT2D eigenvalue weighted by molar-refractivity contribution is -0.184. The van der Waals surface area contributed by atoms with Crippen molar-refractivity contribution in [1.29, 1.82) is 0 Å². The minimum absolute atomic E-state index is 0.102. The largest absolute Gasteiger partial charge is 0.467 e. The van der Waals surface area contributed by atoms with Gasteiger partial charge in [-0.2, -0.15) is 0 Å². The van der Waals surface area contributed by atoms with Gasteiger partial charge in [-0.15, -0.1) is 0 Å². The van der Waals surface area contributed by atoms with Gasteiger partial charge in [0.25, 0.3) is 0 Å². The molecule has 74 valence electrons. The molecule has 2 rings (SSSR count). The van der Waals surface area contributed by atoms with E-state index in [1.807, 2.05) is 0 Å². The molecule has 1 heterocycles. The molecule has 1 aliphatic carbocycles. The summed E-state index contributed by atoms with van der Waals surface area (Å²) in [6.45, 7) is 1.22. The standard InChI is InChI=1S/C9H14O4/c1-11-9(10)8(6-2-3-6)13-7-4-12-5-7/h6-8H,2-5H2,1H3. The Labute approximate surface area is 77.1 Å². The van der Waals surface area contributed by atoms with Gasteiger partial charge in [0.2, 0.25) is 0 Å². The summed E-state index contributed by atoms with van der Waals surface area (Å²) in [7, 11) is 1.40. The van der Waals surface area contributed by atoms with Gasteiger partial charge in [0.1, 0.15) is 6.10 Å². The van der Waals surface area contributed by atoms with E-state index in [2.05, 4.69) is 4.74 Å². The van der Waals surface area contributed by atoms with Crippen molar-refractivity contribution in [2.24, 2.45) is 5.92 Å². The molecule has 1 saturated heterocycles. The number of hydrogen-bond acceptors (Lipinski definition) is 4. The third-order valence-electron chi connectivity index (χ3n) is 2.43. The normalized spacial score (nSPS) is 25.0. The molecule has 1 atom stereocenters. The molecule has 1 aliphatic heterocycles.